The second-order valence-electron chi connectivity index (χ2n) is 11.7. The van der Waals surface area contributed by atoms with E-state index in [1.165, 1.54) is 135 Å². The molecule has 5 nitrogen and oxygen atoms in total. The summed E-state index contributed by atoms with van der Waals surface area (Å²) in [6.45, 7) is 3.47. The first-order valence-electron chi connectivity index (χ1n) is 16.1. The molecule has 37 heavy (non-hydrogen) atoms. The largest absolute Gasteiger partial charge is 0.322 e. The molecule has 0 spiro atoms. The van der Waals surface area contributed by atoms with Gasteiger partial charge in [-0.3, -0.25) is 4.18 Å². The van der Waals surface area contributed by atoms with Crippen LogP contribution >= 0.6 is 10.8 Å². The number of hydrogen-bond donors (Lipinski definition) is 2. The third-order valence-electron chi connectivity index (χ3n) is 8.39. The van der Waals surface area contributed by atoms with E-state index in [2.05, 4.69) is 10.6 Å². The van der Waals surface area contributed by atoms with Crippen molar-refractivity contribution in [2.24, 2.45) is 11.8 Å². The zero-order chi connectivity index (χ0) is 26.3. The van der Waals surface area contributed by atoms with Crippen molar-refractivity contribution in [2.45, 2.75) is 141 Å². The molecule has 0 bridgehead atoms. The van der Waals surface area contributed by atoms with E-state index in [0.29, 0.717) is 18.8 Å². The molecule has 7 heteroatoms. The second kappa shape index (κ2) is 22.9. The number of rotatable bonds is 26. The Hall–Kier alpha value is 0.180. The van der Waals surface area contributed by atoms with Crippen LogP contribution in [-0.4, -0.2) is 47.0 Å². The Morgan fingerprint density at radius 3 is 1.51 bits per heavy atom. The lowest BCUT2D eigenvalue weighted by atomic mass is 9.99. The predicted molar refractivity (Wildman–Crippen MR) is 162 cm³/mol. The average Bonchev–Trinajstić information content (AvgIpc) is 3.60. The molecule has 0 aromatic heterocycles. The van der Waals surface area contributed by atoms with Crippen molar-refractivity contribution in [3.63, 3.8) is 0 Å². The molecule has 0 saturated heterocycles. The highest BCUT2D eigenvalue weighted by molar-refractivity contribution is 8.70. The molecule has 0 amide bonds. The maximum Gasteiger partial charge on any atom is 0.322 e. The van der Waals surface area contributed by atoms with Crippen LogP contribution in [0, 0.1) is 11.8 Å². The molecule has 2 rings (SSSR count). The van der Waals surface area contributed by atoms with Crippen molar-refractivity contribution >= 4 is 19.9 Å². The Morgan fingerprint density at radius 2 is 1.00 bits per heavy atom. The smallest absolute Gasteiger partial charge is 0.316 e. The molecule has 0 aliphatic heterocycles. The molecule has 0 heterocycles. The summed E-state index contributed by atoms with van der Waals surface area (Å²) in [6, 6.07) is 0. The van der Waals surface area contributed by atoms with Gasteiger partial charge in [-0.25, -0.2) is 0 Å². The Balaban J connectivity index is 1.24. The number of nitrogens with one attached hydrogen (secondary N) is 2. The molecule has 0 unspecified atom stereocenters. The summed E-state index contributed by atoms with van der Waals surface area (Å²) >= 11 is 0. The fraction of sp³-hybridized carbons (Fsp3) is 1.00. The van der Waals surface area contributed by atoms with Crippen molar-refractivity contribution in [3.05, 3.63) is 0 Å². The number of unbranched alkanes of at least 4 members (excludes halogenated alkanes) is 10. The van der Waals surface area contributed by atoms with Crippen LogP contribution in [0.25, 0.3) is 0 Å². The molecule has 0 aromatic rings. The molecule has 2 saturated carbocycles. The van der Waals surface area contributed by atoms with E-state index >= 15 is 0 Å². The van der Waals surface area contributed by atoms with Crippen molar-refractivity contribution in [2.75, 3.05) is 38.5 Å². The molecule has 2 fully saturated rings. The lowest BCUT2D eigenvalue weighted by Crippen LogP contribution is -2.22. The van der Waals surface area contributed by atoms with Gasteiger partial charge in [-0.15, -0.1) is 0 Å². The van der Waals surface area contributed by atoms with Crippen molar-refractivity contribution in [1.82, 2.24) is 10.6 Å². The Bertz CT molecular complexity index is 560. The van der Waals surface area contributed by atoms with Gasteiger partial charge in [0.1, 0.15) is 0 Å². The minimum absolute atomic E-state index is 0.227. The van der Waals surface area contributed by atoms with Gasteiger partial charge in [0, 0.05) is 18.8 Å². The van der Waals surface area contributed by atoms with Gasteiger partial charge in [0.15, 0.2) is 0 Å². The minimum atomic E-state index is -3.48. The first-order valence-corrected chi connectivity index (χ1v) is 19.0. The lowest BCUT2D eigenvalue weighted by Gasteiger charge is -2.09. The normalized spacial score (nSPS) is 17.3. The quantitative estimate of drug-likeness (QED) is 0.0825. The number of hydrogen-bond acceptors (Lipinski definition) is 6. The Labute approximate surface area is 234 Å². The van der Waals surface area contributed by atoms with Crippen molar-refractivity contribution < 1.29 is 12.6 Å². The molecule has 0 atom stereocenters. The van der Waals surface area contributed by atoms with Gasteiger partial charge >= 0.3 is 9.15 Å². The molecule has 0 aromatic carbocycles. The molecule has 2 aliphatic rings. The van der Waals surface area contributed by atoms with Crippen LogP contribution in [0.2, 0.25) is 0 Å². The molecule has 2 aliphatic carbocycles. The van der Waals surface area contributed by atoms with Gasteiger partial charge in [-0.05, 0) is 48.6 Å². The van der Waals surface area contributed by atoms with Crippen LogP contribution < -0.4 is 10.6 Å². The van der Waals surface area contributed by atoms with Crippen LogP contribution in [-0.2, 0) is 13.3 Å². The summed E-state index contributed by atoms with van der Waals surface area (Å²) in [4.78, 5) is 0. The van der Waals surface area contributed by atoms with Crippen LogP contribution in [0.4, 0.5) is 0 Å². The molecule has 220 valence electrons. The van der Waals surface area contributed by atoms with Crippen LogP contribution in [0.15, 0.2) is 0 Å². The molecule has 0 radical (unpaired) electrons. The summed E-state index contributed by atoms with van der Waals surface area (Å²) in [5.74, 6) is 2.62. The van der Waals surface area contributed by atoms with E-state index in [1.807, 2.05) is 0 Å². The first kappa shape index (κ1) is 33.4. The Morgan fingerprint density at radius 1 is 0.568 bits per heavy atom. The molecule has 2 N–H and O–H groups in total. The van der Waals surface area contributed by atoms with E-state index in [-0.39, 0.29) is 6.61 Å². The highest BCUT2D eigenvalue weighted by atomic mass is 33.1. The zero-order valence-corrected chi connectivity index (χ0v) is 25.6. The minimum Gasteiger partial charge on any atom is -0.316 e. The fourth-order valence-corrected chi connectivity index (χ4v) is 8.15. The second-order valence-corrected chi connectivity index (χ2v) is 15.3. The first-order chi connectivity index (χ1) is 18.2. The highest BCUT2D eigenvalue weighted by Crippen LogP contribution is 2.30. The summed E-state index contributed by atoms with van der Waals surface area (Å²) in [5.41, 5.74) is 0. The van der Waals surface area contributed by atoms with Crippen LogP contribution in [0.5, 0.6) is 0 Å². The van der Waals surface area contributed by atoms with E-state index in [1.54, 1.807) is 0 Å². The highest BCUT2D eigenvalue weighted by Gasteiger charge is 2.15. The van der Waals surface area contributed by atoms with E-state index in [0.717, 1.165) is 42.1 Å². The van der Waals surface area contributed by atoms with Gasteiger partial charge in [-0.1, -0.05) is 128 Å². The summed E-state index contributed by atoms with van der Waals surface area (Å²) < 4.78 is 29.1. The van der Waals surface area contributed by atoms with Crippen molar-refractivity contribution in [3.8, 4) is 0 Å². The van der Waals surface area contributed by atoms with Gasteiger partial charge in [0.25, 0.3) is 0 Å². The van der Waals surface area contributed by atoms with Gasteiger partial charge in [-0.2, -0.15) is 8.42 Å². The van der Waals surface area contributed by atoms with Crippen molar-refractivity contribution in [1.29, 1.82) is 0 Å². The predicted octanol–water partition coefficient (Wildman–Crippen LogP) is 8.00. The maximum atomic E-state index is 12.0. The maximum absolute atomic E-state index is 12.0. The third kappa shape index (κ3) is 19.8. The molecular formula is C30H60N2O3S2. The van der Waals surface area contributed by atoms with E-state index < -0.39 is 9.15 Å². The van der Waals surface area contributed by atoms with Gasteiger partial charge in [0.2, 0.25) is 0 Å². The van der Waals surface area contributed by atoms with Gasteiger partial charge in [0.05, 0.1) is 6.61 Å². The monoisotopic (exact) mass is 560 g/mol. The lowest BCUT2D eigenvalue weighted by molar-refractivity contribution is 0.325. The van der Waals surface area contributed by atoms with E-state index in [9.17, 15) is 8.42 Å². The standard InChI is InChI=1S/C30H60N2O3S2/c33-37(34,35-27-25-31-23-15-7-3-1-5-9-17-29-19-11-12-20-29)36-28-26-32-24-16-8-4-2-6-10-18-30-21-13-14-22-30/h29-32H,1-28H2. The summed E-state index contributed by atoms with van der Waals surface area (Å²) in [6.07, 6.45) is 30.6. The SMILES string of the molecule is O=S(=O)(OCCNCCCCCCCCC1CCCC1)SCCNCCCCCCCCC1CCCC1. The Kier molecular flexibility index (Phi) is 20.7. The van der Waals surface area contributed by atoms with Crippen LogP contribution in [0.1, 0.15) is 141 Å². The zero-order valence-electron chi connectivity index (χ0n) is 24.0. The fourth-order valence-electron chi connectivity index (χ4n) is 6.09. The third-order valence-corrected chi connectivity index (χ3v) is 11.2. The van der Waals surface area contributed by atoms with Gasteiger partial charge < -0.3 is 10.6 Å². The summed E-state index contributed by atoms with van der Waals surface area (Å²) in [7, 11) is -2.56. The summed E-state index contributed by atoms with van der Waals surface area (Å²) in [5, 5.41) is 6.68. The molecular weight excluding hydrogens is 500 g/mol. The topological polar surface area (TPSA) is 67.4 Å². The van der Waals surface area contributed by atoms with E-state index in [4.69, 9.17) is 4.18 Å². The van der Waals surface area contributed by atoms with Crippen LogP contribution in [0.3, 0.4) is 0 Å². The average molecular weight is 561 g/mol.